The third kappa shape index (κ3) is 5.74. The number of nitrogens with one attached hydrogen (secondary N) is 1. The van der Waals surface area contributed by atoms with E-state index in [4.69, 9.17) is 0 Å². The van der Waals surface area contributed by atoms with Crippen molar-refractivity contribution in [2.24, 2.45) is 0 Å². The molecule has 0 unspecified atom stereocenters. The van der Waals surface area contributed by atoms with Gasteiger partial charge in [-0.05, 0) is 54.8 Å². The molecule has 3 rings (SSSR count). The third-order valence-electron chi connectivity index (χ3n) is 4.82. The highest BCUT2D eigenvalue weighted by atomic mass is 32.2. The highest BCUT2D eigenvalue weighted by molar-refractivity contribution is 7.98. The van der Waals surface area contributed by atoms with Crippen LogP contribution in [0.2, 0.25) is 0 Å². The zero-order valence-corrected chi connectivity index (χ0v) is 18.3. The SMILES string of the molecule is Cc1cccc(C)c1NC(=O)CN(C)C(=O)c1ccc(CSc2ccccc2)cc1. The van der Waals surface area contributed by atoms with Crippen LogP contribution in [0.5, 0.6) is 0 Å². The Bertz CT molecular complexity index is 997. The molecule has 0 bridgehead atoms. The fraction of sp³-hybridized carbons (Fsp3) is 0.200. The molecule has 0 aromatic heterocycles. The van der Waals surface area contributed by atoms with E-state index in [9.17, 15) is 9.59 Å². The van der Waals surface area contributed by atoms with Gasteiger partial charge in [0.2, 0.25) is 5.91 Å². The van der Waals surface area contributed by atoms with Crippen molar-refractivity contribution in [3.63, 3.8) is 0 Å². The van der Waals surface area contributed by atoms with Crippen molar-refractivity contribution in [1.82, 2.24) is 4.90 Å². The maximum atomic E-state index is 12.7. The van der Waals surface area contributed by atoms with Crippen LogP contribution in [0.4, 0.5) is 5.69 Å². The molecular weight excluding hydrogens is 392 g/mol. The molecule has 0 fully saturated rings. The number of likely N-dealkylation sites (N-methyl/N-ethyl adjacent to an activating group) is 1. The Balaban J connectivity index is 1.55. The maximum absolute atomic E-state index is 12.7. The second-order valence-corrected chi connectivity index (χ2v) is 8.32. The Labute approximate surface area is 182 Å². The van der Waals surface area contributed by atoms with E-state index < -0.39 is 0 Å². The topological polar surface area (TPSA) is 49.4 Å². The van der Waals surface area contributed by atoms with E-state index in [1.165, 1.54) is 9.80 Å². The molecule has 30 heavy (non-hydrogen) atoms. The smallest absolute Gasteiger partial charge is 0.254 e. The van der Waals surface area contributed by atoms with Gasteiger partial charge in [-0.1, -0.05) is 48.5 Å². The van der Waals surface area contributed by atoms with Gasteiger partial charge in [-0.3, -0.25) is 9.59 Å². The van der Waals surface area contributed by atoms with Crippen molar-refractivity contribution in [3.8, 4) is 0 Å². The summed E-state index contributed by atoms with van der Waals surface area (Å²) in [5, 5.41) is 2.92. The minimum absolute atomic E-state index is 0.00177. The molecule has 0 aliphatic heterocycles. The molecule has 1 N–H and O–H groups in total. The molecular formula is C25H26N2O2S. The van der Waals surface area contributed by atoms with Crippen LogP contribution in [-0.2, 0) is 10.5 Å². The Morgan fingerprint density at radius 3 is 2.13 bits per heavy atom. The molecule has 3 aromatic carbocycles. The highest BCUT2D eigenvalue weighted by Crippen LogP contribution is 2.23. The van der Waals surface area contributed by atoms with E-state index in [1.807, 2.05) is 74.5 Å². The first kappa shape index (κ1) is 21.7. The maximum Gasteiger partial charge on any atom is 0.254 e. The number of anilines is 1. The van der Waals surface area contributed by atoms with Crippen molar-refractivity contribution in [2.45, 2.75) is 24.5 Å². The predicted octanol–water partition coefficient (Wildman–Crippen LogP) is 5.31. The Hall–Kier alpha value is -3.05. The fourth-order valence-corrected chi connectivity index (χ4v) is 4.00. The minimum atomic E-state index is -0.209. The molecule has 154 valence electrons. The van der Waals surface area contributed by atoms with Gasteiger partial charge in [-0.25, -0.2) is 0 Å². The quantitative estimate of drug-likeness (QED) is 0.529. The molecule has 0 radical (unpaired) electrons. The second-order valence-electron chi connectivity index (χ2n) is 7.27. The zero-order valence-electron chi connectivity index (χ0n) is 17.5. The average molecular weight is 419 g/mol. The van der Waals surface area contributed by atoms with E-state index >= 15 is 0 Å². The van der Waals surface area contributed by atoms with E-state index in [0.717, 1.165) is 28.1 Å². The summed E-state index contributed by atoms with van der Waals surface area (Å²) in [6, 6.07) is 23.7. The van der Waals surface area contributed by atoms with Crippen LogP contribution < -0.4 is 5.32 Å². The van der Waals surface area contributed by atoms with Crippen LogP contribution >= 0.6 is 11.8 Å². The van der Waals surface area contributed by atoms with Gasteiger partial charge in [0, 0.05) is 28.9 Å². The standard InChI is InChI=1S/C25H26N2O2S/c1-18-8-7-9-19(2)24(18)26-23(28)16-27(3)25(29)21-14-12-20(13-15-21)17-30-22-10-5-4-6-11-22/h4-15H,16-17H2,1-3H3,(H,26,28). The lowest BCUT2D eigenvalue weighted by Crippen LogP contribution is -2.35. The molecule has 0 saturated carbocycles. The summed E-state index contributed by atoms with van der Waals surface area (Å²) in [6.45, 7) is 3.91. The minimum Gasteiger partial charge on any atom is -0.332 e. The van der Waals surface area contributed by atoms with Gasteiger partial charge in [-0.2, -0.15) is 0 Å². The summed E-state index contributed by atoms with van der Waals surface area (Å²) in [6.07, 6.45) is 0. The number of nitrogens with zero attached hydrogens (tertiary/aromatic N) is 1. The predicted molar refractivity (Wildman–Crippen MR) is 124 cm³/mol. The van der Waals surface area contributed by atoms with Gasteiger partial charge in [0.1, 0.15) is 0 Å². The van der Waals surface area contributed by atoms with Crippen molar-refractivity contribution in [2.75, 3.05) is 18.9 Å². The molecule has 0 aliphatic carbocycles. The molecule has 0 atom stereocenters. The van der Waals surface area contributed by atoms with Crippen LogP contribution in [0.3, 0.4) is 0 Å². The number of carbonyl (C=O) groups excluding carboxylic acids is 2. The summed E-state index contributed by atoms with van der Waals surface area (Å²) in [5.74, 6) is 0.458. The van der Waals surface area contributed by atoms with Crippen LogP contribution in [0, 0.1) is 13.8 Å². The van der Waals surface area contributed by atoms with Gasteiger partial charge in [0.15, 0.2) is 0 Å². The first-order chi connectivity index (χ1) is 14.4. The molecule has 0 saturated heterocycles. The summed E-state index contributed by atoms with van der Waals surface area (Å²) in [4.78, 5) is 27.8. The van der Waals surface area contributed by atoms with Crippen LogP contribution in [0.15, 0.2) is 77.7 Å². The molecule has 4 nitrogen and oxygen atoms in total. The van der Waals surface area contributed by atoms with Gasteiger partial charge in [0.05, 0.1) is 6.54 Å². The summed E-state index contributed by atoms with van der Waals surface area (Å²) in [5.41, 5.74) is 4.54. The largest absolute Gasteiger partial charge is 0.332 e. The van der Waals surface area contributed by atoms with Crippen LogP contribution in [0.1, 0.15) is 27.0 Å². The molecule has 0 aliphatic rings. The molecule has 0 spiro atoms. The number of hydrogen-bond donors (Lipinski definition) is 1. The summed E-state index contributed by atoms with van der Waals surface area (Å²) < 4.78 is 0. The number of hydrogen-bond acceptors (Lipinski definition) is 3. The summed E-state index contributed by atoms with van der Waals surface area (Å²) in [7, 11) is 1.64. The number of amides is 2. The normalized spacial score (nSPS) is 10.5. The van der Waals surface area contributed by atoms with Crippen LogP contribution in [0.25, 0.3) is 0 Å². The van der Waals surface area contributed by atoms with E-state index in [0.29, 0.717) is 5.56 Å². The van der Waals surface area contributed by atoms with Crippen molar-refractivity contribution >= 4 is 29.3 Å². The lowest BCUT2D eigenvalue weighted by atomic mass is 10.1. The van der Waals surface area contributed by atoms with E-state index in [-0.39, 0.29) is 18.4 Å². The number of carbonyl (C=O) groups is 2. The van der Waals surface area contributed by atoms with Crippen molar-refractivity contribution < 1.29 is 9.59 Å². The first-order valence-corrected chi connectivity index (χ1v) is 10.8. The van der Waals surface area contributed by atoms with Gasteiger partial charge in [0.25, 0.3) is 5.91 Å². The number of thioether (sulfide) groups is 1. The Kier molecular flexibility index (Phi) is 7.31. The van der Waals surface area contributed by atoms with Crippen LogP contribution in [-0.4, -0.2) is 30.3 Å². The number of aryl methyl sites for hydroxylation is 2. The van der Waals surface area contributed by atoms with Gasteiger partial charge >= 0.3 is 0 Å². The number of para-hydroxylation sites is 1. The number of rotatable bonds is 7. The number of benzene rings is 3. The first-order valence-electron chi connectivity index (χ1n) is 9.82. The Morgan fingerprint density at radius 2 is 1.50 bits per heavy atom. The zero-order chi connectivity index (χ0) is 21.5. The average Bonchev–Trinajstić information content (AvgIpc) is 2.75. The fourth-order valence-electron chi connectivity index (χ4n) is 3.13. The van der Waals surface area contributed by atoms with Gasteiger partial charge < -0.3 is 10.2 Å². The summed E-state index contributed by atoms with van der Waals surface area (Å²) >= 11 is 1.76. The molecule has 5 heteroatoms. The van der Waals surface area contributed by atoms with E-state index in [2.05, 4.69) is 17.4 Å². The molecule has 2 amide bonds. The Morgan fingerprint density at radius 1 is 0.867 bits per heavy atom. The van der Waals surface area contributed by atoms with Crippen molar-refractivity contribution in [1.29, 1.82) is 0 Å². The monoisotopic (exact) mass is 418 g/mol. The molecule has 0 heterocycles. The third-order valence-corrected chi connectivity index (χ3v) is 5.91. The molecule has 3 aromatic rings. The van der Waals surface area contributed by atoms with Gasteiger partial charge in [-0.15, -0.1) is 11.8 Å². The van der Waals surface area contributed by atoms with E-state index in [1.54, 1.807) is 18.8 Å². The lowest BCUT2D eigenvalue weighted by Gasteiger charge is -2.18. The van der Waals surface area contributed by atoms with Crippen molar-refractivity contribution in [3.05, 3.63) is 95.1 Å². The second kappa shape index (κ2) is 10.1. The lowest BCUT2D eigenvalue weighted by molar-refractivity contribution is -0.116. The highest BCUT2D eigenvalue weighted by Gasteiger charge is 2.16.